The smallest absolute Gasteiger partial charge is 0.0707 e. The minimum Gasteiger partial charge on any atom is -0.372 e. The van der Waals surface area contributed by atoms with Gasteiger partial charge in [-0.15, -0.1) is 0 Å². The van der Waals surface area contributed by atoms with Gasteiger partial charge in [-0.3, -0.25) is 4.90 Å². The lowest BCUT2D eigenvalue weighted by Crippen LogP contribution is -2.47. The van der Waals surface area contributed by atoms with E-state index >= 15 is 0 Å². The summed E-state index contributed by atoms with van der Waals surface area (Å²) in [6, 6.07) is 0.775. The van der Waals surface area contributed by atoms with Crippen molar-refractivity contribution in [2.45, 2.75) is 63.7 Å². The van der Waals surface area contributed by atoms with E-state index < -0.39 is 0 Å². The fourth-order valence-corrected chi connectivity index (χ4v) is 3.91. The molecule has 3 rings (SSSR count). The topological polar surface area (TPSA) is 24.5 Å². The average Bonchev–Trinajstić information content (AvgIpc) is 2.71. The van der Waals surface area contributed by atoms with E-state index in [0.717, 1.165) is 18.5 Å². The second kappa shape index (κ2) is 5.89. The summed E-state index contributed by atoms with van der Waals surface area (Å²) in [5.74, 6) is 0.875. The fourth-order valence-electron chi connectivity index (χ4n) is 3.91. The van der Waals surface area contributed by atoms with Crippen LogP contribution in [0.1, 0.15) is 45.4 Å². The van der Waals surface area contributed by atoms with Gasteiger partial charge in [-0.2, -0.15) is 0 Å². The molecule has 2 saturated heterocycles. The van der Waals surface area contributed by atoms with Crippen LogP contribution in [0.4, 0.5) is 0 Å². The van der Waals surface area contributed by atoms with Crippen LogP contribution in [0.25, 0.3) is 0 Å². The van der Waals surface area contributed by atoms with Gasteiger partial charge >= 0.3 is 0 Å². The first-order valence-electron chi connectivity index (χ1n) is 7.92. The molecule has 0 aromatic carbocycles. The molecule has 0 aromatic heterocycles. The lowest BCUT2D eigenvalue weighted by atomic mass is 9.86. The van der Waals surface area contributed by atoms with E-state index in [2.05, 4.69) is 17.1 Å². The largest absolute Gasteiger partial charge is 0.372 e. The standard InChI is InChI=1S/C15H28N2O/c1-12-4-2-3-5-15(12)16-8-9-17-10-13-6-7-14(11-17)18-13/h12-16H,2-11H2,1H3. The van der Waals surface area contributed by atoms with Crippen molar-refractivity contribution in [2.75, 3.05) is 26.2 Å². The molecule has 2 bridgehead atoms. The maximum atomic E-state index is 5.88. The highest BCUT2D eigenvalue weighted by Gasteiger charge is 2.33. The molecule has 4 atom stereocenters. The van der Waals surface area contributed by atoms with E-state index in [-0.39, 0.29) is 0 Å². The molecule has 3 nitrogen and oxygen atoms in total. The summed E-state index contributed by atoms with van der Waals surface area (Å²) in [6.07, 6.45) is 9.31. The van der Waals surface area contributed by atoms with Crippen molar-refractivity contribution >= 4 is 0 Å². The monoisotopic (exact) mass is 252 g/mol. The number of hydrogen-bond acceptors (Lipinski definition) is 3. The maximum Gasteiger partial charge on any atom is 0.0707 e. The van der Waals surface area contributed by atoms with Crippen LogP contribution in [0.3, 0.4) is 0 Å². The zero-order valence-electron chi connectivity index (χ0n) is 11.7. The molecule has 2 heterocycles. The number of ether oxygens (including phenoxy) is 1. The molecule has 4 unspecified atom stereocenters. The predicted octanol–water partition coefficient (Wildman–Crippen LogP) is 2.02. The number of rotatable bonds is 4. The van der Waals surface area contributed by atoms with E-state index in [0.29, 0.717) is 12.2 Å². The number of fused-ring (bicyclic) bond motifs is 2. The Kier molecular flexibility index (Phi) is 4.22. The molecule has 3 aliphatic rings. The SMILES string of the molecule is CC1CCCCC1NCCN1CC2CCC(C1)O2. The quantitative estimate of drug-likeness (QED) is 0.828. The molecule has 104 valence electrons. The Morgan fingerprint density at radius 2 is 1.78 bits per heavy atom. The van der Waals surface area contributed by atoms with Crippen molar-refractivity contribution in [1.82, 2.24) is 10.2 Å². The zero-order valence-corrected chi connectivity index (χ0v) is 11.7. The predicted molar refractivity (Wildman–Crippen MR) is 73.8 cm³/mol. The van der Waals surface area contributed by atoms with E-state index in [9.17, 15) is 0 Å². The Hall–Kier alpha value is -0.120. The van der Waals surface area contributed by atoms with E-state index in [1.165, 1.54) is 58.2 Å². The first-order chi connectivity index (χ1) is 8.81. The minimum atomic E-state index is 0.539. The summed E-state index contributed by atoms with van der Waals surface area (Å²) < 4.78 is 5.88. The normalized spacial score (nSPS) is 41.2. The summed E-state index contributed by atoms with van der Waals surface area (Å²) in [5.41, 5.74) is 0. The molecule has 0 aromatic rings. The number of morpholine rings is 1. The highest BCUT2D eigenvalue weighted by molar-refractivity contribution is 4.85. The average molecular weight is 252 g/mol. The minimum absolute atomic E-state index is 0.539. The Bertz CT molecular complexity index is 259. The van der Waals surface area contributed by atoms with Crippen molar-refractivity contribution in [1.29, 1.82) is 0 Å². The molecule has 1 aliphatic carbocycles. The van der Waals surface area contributed by atoms with Gasteiger partial charge in [0.05, 0.1) is 12.2 Å². The van der Waals surface area contributed by atoms with Crippen molar-refractivity contribution in [3.63, 3.8) is 0 Å². The Morgan fingerprint density at radius 3 is 2.50 bits per heavy atom. The van der Waals surface area contributed by atoms with Crippen LogP contribution in [-0.4, -0.2) is 49.3 Å². The third-order valence-corrected chi connectivity index (χ3v) is 5.07. The molecule has 0 amide bonds. The summed E-state index contributed by atoms with van der Waals surface area (Å²) in [6.45, 7) is 7.11. The fraction of sp³-hybridized carbons (Fsp3) is 1.00. The summed E-state index contributed by atoms with van der Waals surface area (Å²) in [5, 5.41) is 3.79. The number of nitrogens with zero attached hydrogens (tertiary/aromatic N) is 1. The molecule has 2 aliphatic heterocycles. The van der Waals surface area contributed by atoms with E-state index in [1.807, 2.05) is 0 Å². The van der Waals surface area contributed by atoms with E-state index in [4.69, 9.17) is 4.74 Å². The molecule has 3 heteroatoms. The van der Waals surface area contributed by atoms with Crippen molar-refractivity contribution in [3.8, 4) is 0 Å². The Labute approximate surface area is 111 Å². The van der Waals surface area contributed by atoms with Crippen LogP contribution in [0.15, 0.2) is 0 Å². The van der Waals surface area contributed by atoms with Crippen molar-refractivity contribution in [3.05, 3.63) is 0 Å². The second-order valence-electron chi connectivity index (χ2n) is 6.54. The van der Waals surface area contributed by atoms with Gasteiger partial charge in [0, 0.05) is 32.2 Å². The van der Waals surface area contributed by atoms with Gasteiger partial charge in [-0.25, -0.2) is 0 Å². The first-order valence-corrected chi connectivity index (χ1v) is 7.92. The lowest BCUT2D eigenvalue weighted by Gasteiger charge is -2.34. The summed E-state index contributed by atoms with van der Waals surface area (Å²) in [4.78, 5) is 2.60. The Morgan fingerprint density at radius 1 is 1.06 bits per heavy atom. The molecular weight excluding hydrogens is 224 g/mol. The first kappa shape index (κ1) is 12.9. The van der Waals surface area contributed by atoms with Gasteiger partial charge in [-0.05, 0) is 31.6 Å². The van der Waals surface area contributed by atoms with Crippen molar-refractivity contribution in [2.24, 2.45) is 5.92 Å². The van der Waals surface area contributed by atoms with Crippen LogP contribution >= 0.6 is 0 Å². The molecule has 1 N–H and O–H groups in total. The van der Waals surface area contributed by atoms with Gasteiger partial charge < -0.3 is 10.1 Å². The molecule has 18 heavy (non-hydrogen) atoms. The number of hydrogen-bond donors (Lipinski definition) is 1. The lowest BCUT2D eigenvalue weighted by molar-refractivity contribution is -0.0379. The van der Waals surface area contributed by atoms with Gasteiger partial charge in [0.25, 0.3) is 0 Å². The van der Waals surface area contributed by atoms with E-state index in [1.54, 1.807) is 0 Å². The molecular formula is C15H28N2O. The summed E-state index contributed by atoms with van der Waals surface area (Å²) in [7, 11) is 0. The summed E-state index contributed by atoms with van der Waals surface area (Å²) >= 11 is 0. The van der Waals surface area contributed by atoms with Gasteiger partial charge in [-0.1, -0.05) is 19.8 Å². The second-order valence-corrected chi connectivity index (χ2v) is 6.54. The maximum absolute atomic E-state index is 5.88. The molecule has 3 fully saturated rings. The van der Waals surface area contributed by atoms with Crippen LogP contribution in [0.5, 0.6) is 0 Å². The zero-order chi connectivity index (χ0) is 12.4. The Balaban J connectivity index is 1.37. The van der Waals surface area contributed by atoms with Crippen LogP contribution in [-0.2, 0) is 4.74 Å². The van der Waals surface area contributed by atoms with Gasteiger partial charge in [0.15, 0.2) is 0 Å². The third kappa shape index (κ3) is 3.06. The highest BCUT2D eigenvalue weighted by Crippen LogP contribution is 2.26. The van der Waals surface area contributed by atoms with Crippen LogP contribution < -0.4 is 5.32 Å². The molecule has 0 radical (unpaired) electrons. The number of nitrogens with one attached hydrogen (secondary N) is 1. The van der Waals surface area contributed by atoms with Crippen LogP contribution in [0.2, 0.25) is 0 Å². The van der Waals surface area contributed by atoms with Gasteiger partial charge in [0.2, 0.25) is 0 Å². The molecule has 1 saturated carbocycles. The third-order valence-electron chi connectivity index (χ3n) is 5.07. The van der Waals surface area contributed by atoms with Crippen molar-refractivity contribution < 1.29 is 4.74 Å². The highest BCUT2D eigenvalue weighted by atomic mass is 16.5. The number of likely N-dealkylation sites (tertiary alicyclic amines) is 1. The molecule has 0 spiro atoms. The van der Waals surface area contributed by atoms with Gasteiger partial charge in [0.1, 0.15) is 0 Å². The van der Waals surface area contributed by atoms with Crippen LogP contribution in [0, 0.1) is 5.92 Å².